The molecule has 124 valence electrons. The van der Waals surface area contributed by atoms with Gasteiger partial charge in [-0.3, -0.25) is 0 Å². The predicted octanol–water partition coefficient (Wildman–Crippen LogP) is 5.35. The van der Waals surface area contributed by atoms with E-state index in [0.717, 1.165) is 31.2 Å². The van der Waals surface area contributed by atoms with E-state index in [0.29, 0.717) is 5.75 Å². The zero-order valence-electron chi connectivity index (χ0n) is 14.0. The van der Waals surface area contributed by atoms with Gasteiger partial charge in [0, 0.05) is 11.6 Å². The third-order valence-corrected chi connectivity index (χ3v) is 3.82. The number of methoxy groups -OCH3 is 1. The lowest BCUT2D eigenvalue weighted by atomic mass is 10.0. The zero-order valence-corrected chi connectivity index (χ0v) is 14.0. The smallest absolute Gasteiger partial charge is 0.164 e. The van der Waals surface area contributed by atoms with Gasteiger partial charge in [-0.2, -0.15) is 0 Å². The van der Waals surface area contributed by atoms with Crippen LogP contribution in [0.5, 0.6) is 17.2 Å². The van der Waals surface area contributed by atoms with Crippen LogP contribution in [0.25, 0.3) is 0 Å². The molecule has 1 rings (SSSR count). The van der Waals surface area contributed by atoms with Crippen LogP contribution in [0.15, 0.2) is 24.3 Å². The third-order valence-electron chi connectivity index (χ3n) is 3.82. The number of phenols is 2. The Hall–Kier alpha value is -1.64. The molecule has 0 spiro atoms. The van der Waals surface area contributed by atoms with Crippen LogP contribution in [0.3, 0.4) is 0 Å². The van der Waals surface area contributed by atoms with Gasteiger partial charge in [0.25, 0.3) is 0 Å². The summed E-state index contributed by atoms with van der Waals surface area (Å²) in [6.07, 6.45) is 14.9. The molecule has 22 heavy (non-hydrogen) atoms. The summed E-state index contributed by atoms with van der Waals surface area (Å²) in [5, 5.41) is 19.6. The molecule has 0 bridgehead atoms. The summed E-state index contributed by atoms with van der Waals surface area (Å²) >= 11 is 0. The van der Waals surface area contributed by atoms with Gasteiger partial charge >= 0.3 is 0 Å². The van der Waals surface area contributed by atoms with Crippen molar-refractivity contribution in [3.8, 4) is 17.2 Å². The van der Waals surface area contributed by atoms with E-state index in [4.69, 9.17) is 4.74 Å². The lowest BCUT2D eigenvalue weighted by Gasteiger charge is -2.09. The van der Waals surface area contributed by atoms with Crippen molar-refractivity contribution in [3.63, 3.8) is 0 Å². The van der Waals surface area contributed by atoms with Gasteiger partial charge in [0.05, 0.1) is 7.11 Å². The molecule has 0 unspecified atom stereocenters. The van der Waals surface area contributed by atoms with E-state index in [9.17, 15) is 10.2 Å². The number of unbranched alkanes of at least 4 members (excludes halogenated alkanes) is 6. The first-order valence-corrected chi connectivity index (χ1v) is 8.42. The topological polar surface area (TPSA) is 49.7 Å². The second-order valence-corrected chi connectivity index (χ2v) is 5.72. The molecule has 0 aliphatic carbocycles. The second-order valence-electron chi connectivity index (χ2n) is 5.72. The predicted molar refractivity (Wildman–Crippen MR) is 91.8 cm³/mol. The molecule has 0 heterocycles. The molecule has 1 aromatic carbocycles. The van der Waals surface area contributed by atoms with Gasteiger partial charge in [-0.15, -0.1) is 0 Å². The summed E-state index contributed by atoms with van der Waals surface area (Å²) in [6.45, 7) is 2.23. The Morgan fingerprint density at radius 1 is 0.955 bits per heavy atom. The molecule has 0 aromatic heterocycles. The van der Waals surface area contributed by atoms with Crippen LogP contribution in [0, 0.1) is 0 Å². The van der Waals surface area contributed by atoms with Gasteiger partial charge in [-0.25, -0.2) is 0 Å². The van der Waals surface area contributed by atoms with Crippen molar-refractivity contribution in [1.29, 1.82) is 0 Å². The van der Waals surface area contributed by atoms with Crippen LogP contribution in [0.2, 0.25) is 0 Å². The number of hydrogen-bond acceptors (Lipinski definition) is 3. The van der Waals surface area contributed by atoms with Crippen molar-refractivity contribution in [2.45, 2.75) is 64.7 Å². The van der Waals surface area contributed by atoms with Crippen LogP contribution in [-0.4, -0.2) is 17.3 Å². The molecule has 3 heteroatoms. The van der Waals surface area contributed by atoms with E-state index in [-0.39, 0.29) is 11.5 Å². The Balaban J connectivity index is 2.22. The average Bonchev–Trinajstić information content (AvgIpc) is 2.52. The molecular formula is C19H30O3. The molecular weight excluding hydrogens is 276 g/mol. The summed E-state index contributed by atoms with van der Waals surface area (Å²) in [6, 6.07) is 3.04. The quantitative estimate of drug-likeness (QED) is 0.329. The van der Waals surface area contributed by atoms with E-state index >= 15 is 0 Å². The maximum Gasteiger partial charge on any atom is 0.164 e. The minimum absolute atomic E-state index is 0.136. The Kier molecular flexibility index (Phi) is 9.20. The summed E-state index contributed by atoms with van der Waals surface area (Å²) in [7, 11) is 1.49. The van der Waals surface area contributed by atoms with Crippen molar-refractivity contribution < 1.29 is 14.9 Å². The van der Waals surface area contributed by atoms with Crippen molar-refractivity contribution >= 4 is 0 Å². The van der Waals surface area contributed by atoms with Gasteiger partial charge in [0.15, 0.2) is 11.5 Å². The third kappa shape index (κ3) is 6.88. The first-order chi connectivity index (χ1) is 10.7. The molecule has 3 nitrogen and oxygen atoms in total. The number of allylic oxidation sites excluding steroid dienone is 2. The lowest BCUT2D eigenvalue weighted by Crippen LogP contribution is -1.91. The molecule has 0 amide bonds. The normalized spacial score (nSPS) is 11.2. The zero-order chi connectivity index (χ0) is 16.2. The first-order valence-electron chi connectivity index (χ1n) is 8.42. The Labute approximate surface area is 134 Å². The van der Waals surface area contributed by atoms with E-state index < -0.39 is 0 Å². The fourth-order valence-electron chi connectivity index (χ4n) is 2.50. The van der Waals surface area contributed by atoms with Gasteiger partial charge in [-0.05, 0) is 44.6 Å². The number of rotatable bonds is 11. The highest BCUT2D eigenvalue weighted by Crippen LogP contribution is 2.34. The fourth-order valence-corrected chi connectivity index (χ4v) is 2.50. The maximum atomic E-state index is 10.0. The number of aryl methyl sites for hydroxylation is 1. The average molecular weight is 306 g/mol. The van der Waals surface area contributed by atoms with Crippen LogP contribution >= 0.6 is 0 Å². The highest BCUT2D eigenvalue weighted by atomic mass is 16.5. The molecule has 0 saturated heterocycles. The highest BCUT2D eigenvalue weighted by Gasteiger charge is 2.09. The minimum Gasteiger partial charge on any atom is -0.508 e. The fraction of sp³-hybridized carbons (Fsp3) is 0.579. The summed E-state index contributed by atoms with van der Waals surface area (Å²) in [4.78, 5) is 0. The van der Waals surface area contributed by atoms with Gasteiger partial charge in [-0.1, -0.05) is 38.3 Å². The van der Waals surface area contributed by atoms with Crippen LogP contribution in [0.1, 0.15) is 63.9 Å². The second kappa shape index (κ2) is 11.0. The molecule has 0 fully saturated rings. The van der Waals surface area contributed by atoms with Crippen molar-refractivity contribution in [2.24, 2.45) is 0 Å². The number of benzene rings is 1. The SMILES string of the molecule is CCCCCC/C=C/CCCCc1cc(O)cc(OC)c1O. The van der Waals surface area contributed by atoms with Crippen LogP contribution in [0.4, 0.5) is 0 Å². The molecule has 0 aliphatic rings. The standard InChI is InChI=1S/C19H30O3/c1-3-4-5-6-7-8-9-10-11-12-13-16-14-17(20)15-18(22-2)19(16)21/h8-9,14-15,20-21H,3-7,10-13H2,1-2H3/b9-8+. The molecule has 0 aliphatic heterocycles. The Bertz CT molecular complexity index is 452. The number of hydrogen-bond donors (Lipinski definition) is 2. The summed E-state index contributed by atoms with van der Waals surface area (Å²) in [5.41, 5.74) is 0.750. The lowest BCUT2D eigenvalue weighted by molar-refractivity contribution is 0.365. The monoisotopic (exact) mass is 306 g/mol. The Morgan fingerprint density at radius 2 is 1.64 bits per heavy atom. The van der Waals surface area contributed by atoms with Crippen molar-refractivity contribution in [2.75, 3.05) is 7.11 Å². The number of aromatic hydroxyl groups is 2. The van der Waals surface area contributed by atoms with E-state index in [1.54, 1.807) is 6.07 Å². The van der Waals surface area contributed by atoms with E-state index in [1.165, 1.54) is 45.3 Å². The van der Waals surface area contributed by atoms with Crippen LogP contribution in [-0.2, 0) is 6.42 Å². The Morgan fingerprint density at radius 3 is 2.27 bits per heavy atom. The maximum absolute atomic E-state index is 10.0. The number of ether oxygens (including phenoxy) is 1. The van der Waals surface area contributed by atoms with Gasteiger partial charge in [0.2, 0.25) is 0 Å². The highest BCUT2D eigenvalue weighted by molar-refractivity contribution is 5.50. The van der Waals surface area contributed by atoms with Gasteiger partial charge in [0.1, 0.15) is 5.75 Å². The number of phenolic OH excluding ortho intramolecular Hbond substituents is 2. The largest absolute Gasteiger partial charge is 0.508 e. The molecule has 0 atom stereocenters. The van der Waals surface area contributed by atoms with Crippen LogP contribution < -0.4 is 4.74 Å². The molecule has 1 aromatic rings. The first kappa shape index (κ1) is 18.4. The summed E-state index contributed by atoms with van der Waals surface area (Å²) < 4.78 is 5.04. The van der Waals surface area contributed by atoms with E-state index in [2.05, 4.69) is 19.1 Å². The molecule has 0 radical (unpaired) electrons. The summed E-state index contributed by atoms with van der Waals surface area (Å²) in [5.74, 6) is 0.616. The van der Waals surface area contributed by atoms with Gasteiger partial charge < -0.3 is 14.9 Å². The molecule has 2 N–H and O–H groups in total. The van der Waals surface area contributed by atoms with Crippen molar-refractivity contribution in [1.82, 2.24) is 0 Å². The minimum atomic E-state index is 0.136. The van der Waals surface area contributed by atoms with E-state index in [1.807, 2.05) is 0 Å². The van der Waals surface area contributed by atoms with Crippen molar-refractivity contribution in [3.05, 3.63) is 29.8 Å². The molecule has 0 saturated carbocycles.